The third-order valence-corrected chi connectivity index (χ3v) is 3.20. The number of anilines is 2. The van der Waals surface area contributed by atoms with E-state index in [1.54, 1.807) is 50.4 Å². The fourth-order valence-electron chi connectivity index (χ4n) is 1.96. The minimum Gasteiger partial charge on any atom is -0.507 e. The summed E-state index contributed by atoms with van der Waals surface area (Å²) in [6, 6.07) is 13.0. The van der Waals surface area contributed by atoms with E-state index < -0.39 is 12.0 Å². The van der Waals surface area contributed by atoms with Crippen molar-refractivity contribution in [1.82, 2.24) is 0 Å². The zero-order valence-corrected chi connectivity index (χ0v) is 12.9. The van der Waals surface area contributed by atoms with Crippen LogP contribution in [0.3, 0.4) is 0 Å². The normalized spacial score (nSPS) is 10.0. The summed E-state index contributed by atoms with van der Waals surface area (Å²) < 4.78 is 4.91. The molecule has 2 N–H and O–H groups in total. The van der Waals surface area contributed by atoms with Crippen LogP contribution in [0.15, 0.2) is 48.5 Å². The molecule has 0 radical (unpaired) electrons. The van der Waals surface area contributed by atoms with Crippen molar-refractivity contribution in [1.29, 1.82) is 0 Å². The molecule has 0 unspecified atom stereocenters. The second kappa shape index (κ2) is 7.31. The predicted molar refractivity (Wildman–Crippen MR) is 87.9 cm³/mol. The number of carbonyl (C=O) groups excluding carboxylic acids is 2. The van der Waals surface area contributed by atoms with Gasteiger partial charge in [-0.2, -0.15) is 0 Å². The van der Waals surface area contributed by atoms with Crippen molar-refractivity contribution < 1.29 is 19.4 Å². The van der Waals surface area contributed by atoms with Crippen LogP contribution in [-0.4, -0.2) is 30.8 Å². The van der Waals surface area contributed by atoms with Gasteiger partial charge in [0, 0.05) is 18.4 Å². The van der Waals surface area contributed by atoms with Crippen molar-refractivity contribution in [3.05, 3.63) is 54.1 Å². The van der Waals surface area contributed by atoms with Crippen LogP contribution in [0.25, 0.3) is 0 Å². The SMILES string of the molecule is CCOC(=O)N(C)c1ccc(NC(=O)c2ccccc2O)cc1. The number of nitrogens with zero attached hydrogens (tertiary/aromatic N) is 1. The molecule has 0 fully saturated rings. The number of ether oxygens (including phenoxy) is 1. The molecule has 23 heavy (non-hydrogen) atoms. The highest BCUT2D eigenvalue weighted by molar-refractivity contribution is 6.06. The number of hydrogen-bond acceptors (Lipinski definition) is 4. The number of aromatic hydroxyl groups is 1. The molecule has 2 aromatic rings. The highest BCUT2D eigenvalue weighted by Gasteiger charge is 2.13. The zero-order chi connectivity index (χ0) is 16.8. The molecule has 0 aliphatic carbocycles. The first kappa shape index (κ1) is 16.4. The molecular weight excluding hydrogens is 296 g/mol. The molecule has 6 heteroatoms. The molecule has 2 amide bonds. The molecule has 0 saturated carbocycles. The largest absolute Gasteiger partial charge is 0.507 e. The van der Waals surface area contributed by atoms with E-state index >= 15 is 0 Å². The van der Waals surface area contributed by atoms with Crippen molar-refractivity contribution in [2.45, 2.75) is 6.92 Å². The predicted octanol–water partition coefficient (Wildman–Crippen LogP) is 3.24. The van der Waals surface area contributed by atoms with E-state index in [9.17, 15) is 14.7 Å². The Labute approximate surface area is 134 Å². The lowest BCUT2D eigenvalue weighted by atomic mass is 10.2. The Balaban J connectivity index is 2.07. The Morgan fingerprint density at radius 2 is 1.78 bits per heavy atom. The molecule has 0 atom stereocenters. The standard InChI is InChI=1S/C17H18N2O4/c1-3-23-17(22)19(2)13-10-8-12(9-11-13)18-16(21)14-6-4-5-7-15(14)20/h4-11,20H,3H2,1-2H3,(H,18,21). The number of amides is 2. The van der Waals surface area contributed by atoms with Crippen molar-refractivity contribution in [3.8, 4) is 5.75 Å². The van der Waals surface area contributed by atoms with Crippen molar-refractivity contribution >= 4 is 23.4 Å². The van der Waals surface area contributed by atoms with E-state index in [-0.39, 0.29) is 11.3 Å². The van der Waals surface area contributed by atoms with E-state index in [0.717, 1.165) is 0 Å². The fraction of sp³-hybridized carbons (Fsp3) is 0.176. The molecule has 2 aromatic carbocycles. The Morgan fingerprint density at radius 3 is 2.39 bits per heavy atom. The van der Waals surface area contributed by atoms with E-state index in [2.05, 4.69) is 5.32 Å². The van der Waals surface area contributed by atoms with E-state index in [1.807, 2.05) is 0 Å². The summed E-state index contributed by atoms with van der Waals surface area (Å²) in [6.45, 7) is 2.04. The molecule has 0 aliphatic heterocycles. The van der Waals surface area contributed by atoms with Crippen LogP contribution in [0.1, 0.15) is 17.3 Å². The Morgan fingerprint density at radius 1 is 1.13 bits per heavy atom. The van der Waals surface area contributed by atoms with Gasteiger partial charge in [-0.25, -0.2) is 4.79 Å². The lowest BCUT2D eigenvalue weighted by Crippen LogP contribution is -2.26. The van der Waals surface area contributed by atoms with Gasteiger partial charge in [0.05, 0.1) is 12.2 Å². The highest BCUT2D eigenvalue weighted by Crippen LogP contribution is 2.20. The minimum atomic E-state index is -0.446. The second-order valence-electron chi connectivity index (χ2n) is 4.78. The molecule has 0 heterocycles. The summed E-state index contributed by atoms with van der Waals surface area (Å²) in [7, 11) is 1.60. The average molecular weight is 314 g/mol. The minimum absolute atomic E-state index is 0.0799. The first-order valence-corrected chi connectivity index (χ1v) is 7.12. The summed E-state index contributed by atoms with van der Waals surface area (Å²) >= 11 is 0. The number of carbonyl (C=O) groups is 2. The molecule has 6 nitrogen and oxygen atoms in total. The summed E-state index contributed by atoms with van der Waals surface area (Å²) in [5, 5.41) is 12.4. The van der Waals surface area contributed by atoms with Gasteiger partial charge in [-0.15, -0.1) is 0 Å². The maximum Gasteiger partial charge on any atom is 0.413 e. The Bertz CT molecular complexity index is 698. The first-order valence-electron chi connectivity index (χ1n) is 7.12. The fourth-order valence-corrected chi connectivity index (χ4v) is 1.96. The number of para-hydroxylation sites is 1. The summed E-state index contributed by atoms with van der Waals surface area (Å²) in [6.07, 6.45) is -0.446. The van der Waals surface area contributed by atoms with Crippen LogP contribution < -0.4 is 10.2 Å². The number of rotatable bonds is 4. The van der Waals surface area contributed by atoms with Gasteiger partial charge in [0.2, 0.25) is 0 Å². The molecular formula is C17H18N2O4. The molecule has 0 spiro atoms. The van der Waals surface area contributed by atoms with Crippen LogP contribution in [0.2, 0.25) is 0 Å². The Kier molecular flexibility index (Phi) is 5.19. The van der Waals surface area contributed by atoms with Crippen molar-refractivity contribution in [2.75, 3.05) is 23.9 Å². The molecule has 2 rings (SSSR count). The molecule has 0 bridgehead atoms. The maximum absolute atomic E-state index is 12.1. The summed E-state index contributed by atoms with van der Waals surface area (Å²) in [5.41, 5.74) is 1.39. The van der Waals surface area contributed by atoms with Crippen LogP contribution >= 0.6 is 0 Å². The first-order chi connectivity index (χ1) is 11.0. The van der Waals surface area contributed by atoms with Crippen LogP contribution in [0.5, 0.6) is 5.75 Å². The van der Waals surface area contributed by atoms with E-state index in [4.69, 9.17) is 4.74 Å². The van der Waals surface area contributed by atoms with Gasteiger partial charge in [-0.3, -0.25) is 9.69 Å². The van der Waals surface area contributed by atoms with Gasteiger partial charge in [-0.1, -0.05) is 12.1 Å². The third kappa shape index (κ3) is 4.00. The quantitative estimate of drug-likeness (QED) is 0.908. The van der Waals surface area contributed by atoms with Crippen LogP contribution in [0, 0.1) is 0 Å². The number of nitrogens with one attached hydrogen (secondary N) is 1. The molecule has 0 aromatic heterocycles. The third-order valence-electron chi connectivity index (χ3n) is 3.20. The second-order valence-corrected chi connectivity index (χ2v) is 4.78. The lowest BCUT2D eigenvalue weighted by Gasteiger charge is -2.17. The summed E-state index contributed by atoms with van der Waals surface area (Å²) in [5.74, 6) is -0.488. The van der Waals surface area contributed by atoms with Gasteiger partial charge >= 0.3 is 6.09 Å². The van der Waals surface area contributed by atoms with Gasteiger partial charge in [0.25, 0.3) is 5.91 Å². The number of phenols is 1. The Hall–Kier alpha value is -3.02. The van der Waals surface area contributed by atoms with Crippen molar-refractivity contribution in [2.24, 2.45) is 0 Å². The van der Waals surface area contributed by atoms with Gasteiger partial charge < -0.3 is 15.2 Å². The molecule has 120 valence electrons. The van der Waals surface area contributed by atoms with Gasteiger partial charge in [-0.05, 0) is 43.3 Å². The topological polar surface area (TPSA) is 78.9 Å². The number of hydrogen-bond donors (Lipinski definition) is 2. The number of benzene rings is 2. The average Bonchev–Trinajstić information content (AvgIpc) is 2.55. The monoisotopic (exact) mass is 314 g/mol. The highest BCUT2D eigenvalue weighted by atomic mass is 16.6. The number of phenolic OH excluding ortho intramolecular Hbond substituents is 1. The van der Waals surface area contributed by atoms with Gasteiger partial charge in [0.15, 0.2) is 0 Å². The molecule has 0 saturated heterocycles. The maximum atomic E-state index is 12.1. The van der Waals surface area contributed by atoms with Crippen LogP contribution in [0.4, 0.5) is 16.2 Å². The summed E-state index contributed by atoms with van der Waals surface area (Å²) in [4.78, 5) is 25.1. The van der Waals surface area contributed by atoms with Gasteiger partial charge in [0.1, 0.15) is 5.75 Å². The zero-order valence-electron chi connectivity index (χ0n) is 12.9. The van der Waals surface area contributed by atoms with Crippen LogP contribution in [-0.2, 0) is 4.74 Å². The lowest BCUT2D eigenvalue weighted by molar-refractivity contribution is 0.102. The van der Waals surface area contributed by atoms with E-state index in [0.29, 0.717) is 18.0 Å². The van der Waals surface area contributed by atoms with Crippen molar-refractivity contribution in [3.63, 3.8) is 0 Å². The van der Waals surface area contributed by atoms with E-state index in [1.165, 1.54) is 17.0 Å². The molecule has 0 aliphatic rings. The smallest absolute Gasteiger partial charge is 0.413 e.